The van der Waals surface area contributed by atoms with Crippen LogP contribution in [0.4, 0.5) is 5.95 Å². The van der Waals surface area contributed by atoms with Crippen LogP contribution in [0.1, 0.15) is 10.4 Å². The van der Waals surface area contributed by atoms with Crippen LogP contribution in [-0.2, 0) is 0 Å². The van der Waals surface area contributed by atoms with Crippen molar-refractivity contribution in [1.82, 2.24) is 15.0 Å². The van der Waals surface area contributed by atoms with Crippen LogP contribution < -0.4 is 5.32 Å². The lowest BCUT2D eigenvalue weighted by Gasteiger charge is -2.01. The molecule has 84 valence electrons. The summed E-state index contributed by atoms with van der Waals surface area (Å²) in [5.41, 5.74) is 1.54. The fourth-order valence-electron chi connectivity index (χ4n) is 1.70. The molecule has 3 N–H and O–H groups in total. The number of imidazole rings is 1. The molecule has 0 aliphatic rings. The molecule has 1 amide bonds. The van der Waals surface area contributed by atoms with Crippen LogP contribution in [0, 0.1) is 0 Å². The predicted octanol–water partition coefficient (Wildman–Crippen LogP) is 2.14. The number of hydrogen-bond donors (Lipinski definition) is 3. The Morgan fingerprint density at radius 1 is 1.18 bits per heavy atom. The molecule has 0 aliphatic heterocycles. The quantitative estimate of drug-likeness (QED) is 0.626. The highest BCUT2D eigenvalue weighted by atomic mass is 16.1. The van der Waals surface area contributed by atoms with E-state index in [2.05, 4.69) is 20.3 Å². The van der Waals surface area contributed by atoms with Gasteiger partial charge in [-0.15, -0.1) is 0 Å². The molecule has 0 spiro atoms. The van der Waals surface area contributed by atoms with E-state index in [1.54, 1.807) is 18.5 Å². The molecule has 17 heavy (non-hydrogen) atoms. The fraction of sp³-hybridized carbons (Fsp3) is 0. The SMILES string of the molecule is O=C(Nc1ncc[nH]1)c1ccc2cc[nH]c2c1. The van der Waals surface area contributed by atoms with Crippen molar-refractivity contribution in [1.29, 1.82) is 0 Å². The van der Waals surface area contributed by atoms with E-state index >= 15 is 0 Å². The minimum Gasteiger partial charge on any atom is -0.361 e. The average Bonchev–Trinajstić information content (AvgIpc) is 2.97. The van der Waals surface area contributed by atoms with Crippen LogP contribution >= 0.6 is 0 Å². The summed E-state index contributed by atoms with van der Waals surface area (Å²) in [5.74, 6) is 0.262. The van der Waals surface area contributed by atoms with E-state index in [0.717, 1.165) is 10.9 Å². The summed E-state index contributed by atoms with van der Waals surface area (Å²) in [5, 5.41) is 3.76. The summed E-state index contributed by atoms with van der Waals surface area (Å²) in [6.45, 7) is 0. The molecule has 5 heteroatoms. The first kappa shape index (κ1) is 9.65. The summed E-state index contributed by atoms with van der Waals surface area (Å²) in [4.78, 5) is 21.7. The van der Waals surface area contributed by atoms with E-state index < -0.39 is 0 Å². The number of amides is 1. The predicted molar refractivity (Wildman–Crippen MR) is 64.8 cm³/mol. The Hall–Kier alpha value is -2.56. The number of anilines is 1. The number of aromatic nitrogens is 3. The molecule has 3 aromatic rings. The van der Waals surface area contributed by atoms with E-state index in [1.807, 2.05) is 24.4 Å². The molecular weight excluding hydrogens is 216 g/mol. The number of fused-ring (bicyclic) bond motifs is 1. The van der Waals surface area contributed by atoms with Crippen LogP contribution in [0.3, 0.4) is 0 Å². The molecule has 3 rings (SSSR count). The molecule has 0 aliphatic carbocycles. The number of nitrogens with one attached hydrogen (secondary N) is 3. The Morgan fingerprint density at radius 3 is 2.94 bits per heavy atom. The zero-order valence-corrected chi connectivity index (χ0v) is 8.90. The van der Waals surface area contributed by atoms with E-state index in [0.29, 0.717) is 11.5 Å². The Kier molecular flexibility index (Phi) is 2.15. The number of nitrogens with zero attached hydrogens (tertiary/aromatic N) is 1. The van der Waals surface area contributed by atoms with Gasteiger partial charge in [0.25, 0.3) is 5.91 Å². The summed E-state index contributed by atoms with van der Waals surface area (Å²) >= 11 is 0. The molecule has 2 aromatic heterocycles. The lowest BCUT2D eigenvalue weighted by molar-refractivity contribution is 0.102. The second-order valence-corrected chi connectivity index (χ2v) is 3.67. The van der Waals surface area contributed by atoms with Crippen LogP contribution in [0.2, 0.25) is 0 Å². The van der Waals surface area contributed by atoms with E-state index in [9.17, 15) is 4.79 Å². The highest BCUT2D eigenvalue weighted by molar-refractivity contribution is 6.05. The van der Waals surface area contributed by atoms with Crippen molar-refractivity contribution < 1.29 is 4.79 Å². The Labute approximate surface area is 96.9 Å². The summed E-state index contributed by atoms with van der Waals surface area (Å²) < 4.78 is 0. The number of benzene rings is 1. The summed E-state index contributed by atoms with van der Waals surface area (Å²) in [6, 6.07) is 7.47. The van der Waals surface area contributed by atoms with Gasteiger partial charge in [-0.05, 0) is 23.6 Å². The van der Waals surface area contributed by atoms with E-state index in [1.165, 1.54) is 0 Å². The number of rotatable bonds is 2. The maximum atomic E-state index is 11.9. The fourth-order valence-corrected chi connectivity index (χ4v) is 1.70. The van der Waals surface area contributed by atoms with Gasteiger partial charge in [0.2, 0.25) is 5.95 Å². The highest BCUT2D eigenvalue weighted by Gasteiger charge is 2.08. The molecule has 2 heterocycles. The molecule has 0 atom stereocenters. The van der Waals surface area contributed by atoms with E-state index in [-0.39, 0.29) is 5.91 Å². The number of aromatic amines is 2. The van der Waals surface area contributed by atoms with Gasteiger partial charge in [-0.2, -0.15) is 0 Å². The van der Waals surface area contributed by atoms with Gasteiger partial charge in [0.15, 0.2) is 0 Å². The zero-order valence-electron chi connectivity index (χ0n) is 8.90. The van der Waals surface area contributed by atoms with Gasteiger partial charge in [0, 0.05) is 29.7 Å². The lowest BCUT2D eigenvalue weighted by atomic mass is 10.1. The van der Waals surface area contributed by atoms with Gasteiger partial charge in [0.05, 0.1) is 0 Å². The topological polar surface area (TPSA) is 73.6 Å². The molecular formula is C12H10N4O. The van der Waals surface area contributed by atoms with Gasteiger partial charge in [-0.25, -0.2) is 4.98 Å². The number of hydrogen-bond acceptors (Lipinski definition) is 2. The van der Waals surface area contributed by atoms with Crippen molar-refractivity contribution in [2.45, 2.75) is 0 Å². The normalized spacial score (nSPS) is 10.6. The number of H-pyrrole nitrogens is 2. The molecule has 0 fully saturated rings. The summed E-state index contributed by atoms with van der Waals surface area (Å²) in [7, 11) is 0. The van der Waals surface area contributed by atoms with Crippen molar-refractivity contribution in [2.75, 3.05) is 5.32 Å². The molecule has 0 bridgehead atoms. The standard InChI is InChI=1S/C12H10N4O/c17-11(16-12-14-5-6-15-12)9-2-1-8-3-4-13-10(8)7-9/h1-7,13H,(H2,14,15,16,17). The van der Waals surface area contributed by atoms with Crippen LogP contribution in [0.5, 0.6) is 0 Å². The third-order valence-electron chi connectivity index (χ3n) is 2.55. The Bertz CT molecular complexity index is 654. The van der Waals surface area contributed by atoms with Crippen molar-refractivity contribution >= 4 is 22.8 Å². The molecule has 0 radical (unpaired) electrons. The largest absolute Gasteiger partial charge is 0.361 e. The third kappa shape index (κ3) is 1.78. The molecule has 0 saturated carbocycles. The van der Waals surface area contributed by atoms with Crippen molar-refractivity contribution in [2.24, 2.45) is 0 Å². The second-order valence-electron chi connectivity index (χ2n) is 3.67. The first-order chi connectivity index (χ1) is 8.33. The molecule has 0 unspecified atom stereocenters. The van der Waals surface area contributed by atoms with Crippen molar-refractivity contribution in [3.8, 4) is 0 Å². The maximum Gasteiger partial charge on any atom is 0.258 e. The second kappa shape index (κ2) is 3.79. The van der Waals surface area contributed by atoms with Crippen molar-refractivity contribution in [3.63, 3.8) is 0 Å². The van der Waals surface area contributed by atoms with Crippen molar-refractivity contribution in [3.05, 3.63) is 48.4 Å². The smallest absolute Gasteiger partial charge is 0.258 e. The van der Waals surface area contributed by atoms with E-state index in [4.69, 9.17) is 0 Å². The van der Waals surface area contributed by atoms with Gasteiger partial charge in [0.1, 0.15) is 0 Å². The van der Waals surface area contributed by atoms with Crippen LogP contribution in [0.15, 0.2) is 42.9 Å². The summed E-state index contributed by atoms with van der Waals surface area (Å²) in [6.07, 6.45) is 5.09. The van der Waals surface area contributed by atoms with Gasteiger partial charge >= 0.3 is 0 Å². The maximum absolute atomic E-state index is 11.9. The van der Waals surface area contributed by atoms with Crippen LogP contribution in [-0.4, -0.2) is 20.9 Å². The first-order valence-electron chi connectivity index (χ1n) is 5.21. The average molecular weight is 226 g/mol. The van der Waals surface area contributed by atoms with Gasteiger partial charge in [-0.1, -0.05) is 6.07 Å². The monoisotopic (exact) mass is 226 g/mol. The number of carbonyl (C=O) groups excluding carboxylic acids is 1. The third-order valence-corrected chi connectivity index (χ3v) is 2.55. The van der Waals surface area contributed by atoms with Crippen LogP contribution in [0.25, 0.3) is 10.9 Å². The molecule has 1 aromatic carbocycles. The first-order valence-corrected chi connectivity index (χ1v) is 5.21. The number of carbonyl (C=O) groups is 1. The molecule has 0 saturated heterocycles. The minimum absolute atomic E-state index is 0.184. The molecule has 5 nitrogen and oxygen atoms in total. The zero-order chi connectivity index (χ0) is 11.7. The Balaban J connectivity index is 1.90. The minimum atomic E-state index is -0.184. The highest BCUT2D eigenvalue weighted by Crippen LogP contribution is 2.14. The lowest BCUT2D eigenvalue weighted by Crippen LogP contribution is -2.12. The van der Waals surface area contributed by atoms with Gasteiger partial charge < -0.3 is 9.97 Å². The Morgan fingerprint density at radius 2 is 2.12 bits per heavy atom. The van der Waals surface area contributed by atoms with Gasteiger partial charge in [-0.3, -0.25) is 10.1 Å².